The van der Waals surface area contributed by atoms with E-state index in [4.69, 9.17) is 9.16 Å². The fourth-order valence-corrected chi connectivity index (χ4v) is 12.0. The predicted octanol–water partition coefficient (Wildman–Crippen LogP) is 5.32. The highest BCUT2D eigenvalue weighted by Crippen LogP contribution is 2.46. The van der Waals surface area contributed by atoms with Crippen LogP contribution in [0.2, 0.25) is 5.04 Å². The molecule has 1 aliphatic rings. The molecule has 0 bridgehead atoms. The Balaban J connectivity index is 1.49. The van der Waals surface area contributed by atoms with Crippen LogP contribution in [0.15, 0.2) is 108 Å². The molecular weight excluding hydrogens is 594 g/mol. The number of nitrogens with one attached hydrogen (secondary N) is 1. The Hall–Kier alpha value is -3.57. The first-order chi connectivity index (χ1) is 21.1. The summed E-state index contributed by atoms with van der Waals surface area (Å²) in [5, 5.41) is 3.22. The SMILES string of the molecule is CC(=O)Nc1ccn([C@H]2S[C@H](CO[Si](c3ccccc3)(c3ccccc3)C(C)(C)C)[C@@H](OCc3ccccc3)[C@@H]2F)c(=O)n1. The zero-order valence-electron chi connectivity index (χ0n) is 25.4. The Bertz CT molecular complexity index is 1560. The monoisotopic (exact) mass is 631 g/mol. The van der Waals surface area contributed by atoms with Crippen LogP contribution in [0.5, 0.6) is 0 Å². The van der Waals surface area contributed by atoms with Gasteiger partial charge in [-0.25, -0.2) is 9.18 Å². The second-order valence-corrected chi connectivity index (χ2v) is 17.6. The van der Waals surface area contributed by atoms with Gasteiger partial charge in [0.15, 0.2) is 6.17 Å². The molecule has 10 heteroatoms. The van der Waals surface area contributed by atoms with E-state index in [1.54, 1.807) is 0 Å². The molecule has 1 aromatic heterocycles. The molecule has 0 radical (unpaired) electrons. The van der Waals surface area contributed by atoms with Crippen LogP contribution in [0, 0.1) is 0 Å². The number of anilines is 1. The second kappa shape index (κ2) is 13.6. The van der Waals surface area contributed by atoms with Crippen LogP contribution in [-0.2, 0) is 20.6 Å². The zero-order chi connectivity index (χ0) is 31.3. The lowest BCUT2D eigenvalue weighted by atomic mass is 10.1. The molecule has 44 heavy (non-hydrogen) atoms. The summed E-state index contributed by atoms with van der Waals surface area (Å²) >= 11 is 1.32. The average Bonchev–Trinajstić information content (AvgIpc) is 3.31. The smallest absolute Gasteiger partial charge is 0.350 e. The fourth-order valence-electron chi connectivity index (χ4n) is 5.84. The van der Waals surface area contributed by atoms with E-state index in [2.05, 4.69) is 55.3 Å². The molecule has 1 fully saturated rings. The lowest BCUT2D eigenvalue weighted by Crippen LogP contribution is -2.67. The van der Waals surface area contributed by atoms with Crippen molar-refractivity contribution in [2.75, 3.05) is 11.9 Å². The van der Waals surface area contributed by atoms with E-state index in [1.807, 2.05) is 66.7 Å². The van der Waals surface area contributed by atoms with Gasteiger partial charge < -0.3 is 14.5 Å². The number of halogens is 1. The Morgan fingerprint density at radius 3 is 2.05 bits per heavy atom. The largest absolute Gasteiger partial charge is 0.406 e. The first-order valence-electron chi connectivity index (χ1n) is 14.7. The highest BCUT2D eigenvalue weighted by atomic mass is 32.2. The van der Waals surface area contributed by atoms with E-state index >= 15 is 4.39 Å². The summed E-state index contributed by atoms with van der Waals surface area (Å²) in [6, 6.07) is 31.8. The van der Waals surface area contributed by atoms with Gasteiger partial charge in [0.25, 0.3) is 8.32 Å². The van der Waals surface area contributed by atoms with Gasteiger partial charge in [0.2, 0.25) is 5.91 Å². The van der Waals surface area contributed by atoms with E-state index in [0.717, 1.165) is 15.9 Å². The van der Waals surface area contributed by atoms with Gasteiger partial charge >= 0.3 is 5.69 Å². The molecule has 5 rings (SSSR count). The van der Waals surface area contributed by atoms with Crippen molar-refractivity contribution in [2.24, 2.45) is 0 Å². The molecule has 4 aromatic rings. The van der Waals surface area contributed by atoms with Gasteiger partial charge in [0.1, 0.15) is 17.3 Å². The van der Waals surface area contributed by atoms with Crippen LogP contribution in [0.25, 0.3) is 0 Å². The number of amides is 1. The van der Waals surface area contributed by atoms with E-state index in [9.17, 15) is 9.59 Å². The number of hydrogen-bond acceptors (Lipinski definition) is 6. The minimum Gasteiger partial charge on any atom is -0.406 e. The molecule has 2 heterocycles. The average molecular weight is 632 g/mol. The van der Waals surface area contributed by atoms with Crippen LogP contribution in [-0.4, -0.2) is 47.9 Å². The molecule has 1 N–H and O–H groups in total. The molecule has 0 aliphatic carbocycles. The molecule has 4 atom stereocenters. The molecular formula is C34H38FN3O4SSi. The number of thioether (sulfide) groups is 1. The number of carbonyl (C=O) groups is 1. The van der Waals surface area contributed by atoms with Crippen LogP contribution >= 0.6 is 11.8 Å². The number of hydrogen-bond donors (Lipinski definition) is 1. The highest BCUT2D eigenvalue weighted by molar-refractivity contribution is 8.00. The number of carbonyl (C=O) groups excluding carboxylic acids is 1. The standard InChI is InChI=1S/C34H38FN3O4SSi/c1-24(39)36-29-20-21-38(33(40)37-29)32-30(35)31(41-22-25-14-8-5-9-15-25)28(43-32)23-42-44(34(2,3)4,26-16-10-6-11-17-26)27-18-12-7-13-19-27/h5-21,28,30-32H,22-23H2,1-4H3,(H,36,37,39,40)/t28-,30+,31-,32+/m1/s1. The van der Waals surface area contributed by atoms with Gasteiger partial charge in [-0.05, 0) is 27.0 Å². The summed E-state index contributed by atoms with van der Waals surface area (Å²) in [5.74, 6) is -0.219. The Morgan fingerprint density at radius 1 is 0.955 bits per heavy atom. The summed E-state index contributed by atoms with van der Waals surface area (Å²) < 4.78 is 31.2. The summed E-state index contributed by atoms with van der Waals surface area (Å²) in [4.78, 5) is 28.5. The van der Waals surface area contributed by atoms with E-state index in [0.29, 0.717) is 0 Å². The number of nitrogens with zero attached hydrogens (tertiary/aromatic N) is 2. The van der Waals surface area contributed by atoms with Gasteiger partial charge in [-0.1, -0.05) is 112 Å². The quantitative estimate of drug-likeness (QED) is 0.239. The molecule has 230 valence electrons. The lowest BCUT2D eigenvalue weighted by Gasteiger charge is -2.43. The van der Waals surface area contributed by atoms with E-state index in [-0.39, 0.29) is 30.0 Å². The Kier molecular flexibility index (Phi) is 9.84. The first kappa shape index (κ1) is 31.8. The molecule has 1 amide bonds. The zero-order valence-corrected chi connectivity index (χ0v) is 27.2. The van der Waals surface area contributed by atoms with Crippen molar-refractivity contribution < 1.29 is 18.3 Å². The molecule has 7 nitrogen and oxygen atoms in total. The first-order valence-corrected chi connectivity index (χ1v) is 17.5. The molecule has 1 aliphatic heterocycles. The number of benzene rings is 3. The minimum atomic E-state index is -2.90. The maximum atomic E-state index is 16.4. The molecule has 0 unspecified atom stereocenters. The van der Waals surface area contributed by atoms with Crippen LogP contribution in [0.3, 0.4) is 0 Å². The summed E-state index contributed by atoms with van der Waals surface area (Å²) in [6.07, 6.45) is -0.877. The maximum absolute atomic E-state index is 16.4. The van der Waals surface area contributed by atoms with Gasteiger partial charge in [-0.2, -0.15) is 4.98 Å². The molecule has 0 saturated carbocycles. The highest BCUT2D eigenvalue weighted by Gasteiger charge is 2.53. The number of rotatable bonds is 10. The molecule has 3 aromatic carbocycles. The fraction of sp³-hybridized carbons (Fsp3) is 0.324. The van der Waals surface area contributed by atoms with Gasteiger partial charge in [0.05, 0.1) is 11.9 Å². The van der Waals surface area contributed by atoms with Crippen LogP contribution < -0.4 is 21.4 Å². The number of alkyl halides is 1. The number of ether oxygens (including phenoxy) is 1. The van der Waals surface area contributed by atoms with Crippen molar-refractivity contribution in [2.45, 2.75) is 62.2 Å². The maximum Gasteiger partial charge on any atom is 0.350 e. The normalized spacial score (nSPS) is 20.4. The van der Waals surface area contributed by atoms with Gasteiger partial charge in [0, 0.05) is 19.7 Å². The Morgan fingerprint density at radius 2 is 1.52 bits per heavy atom. The second-order valence-electron chi connectivity index (χ2n) is 11.9. The van der Waals surface area contributed by atoms with Crippen molar-refractivity contribution in [3.05, 3.63) is 119 Å². The van der Waals surface area contributed by atoms with Crippen molar-refractivity contribution >= 4 is 42.2 Å². The number of aromatic nitrogens is 2. The van der Waals surface area contributed by atoms with Crippen LogP contribution in [0.4, 0.5) is 10.2 Å². The van der Waals surface area contributed by atoms with Crippen molar-refractivity contribution in [3.63, 3.8) is 0 Å². The minimum absolute atomic E-state index is 0.126. The molecule has 0 spiro atoms. The van der Waals surface area contributed by atoms with E-state index < -0.39 is 36.9 Å². The van der Waals surface area contributed by atoms with Crippen LogP contribution in [0.1, 0.15) is 38.6 Å². The van der Waals surface area contributed by atoms with Crippen molar-refractivity contribution in [3.8, 4) is 0 Å². The van der Waals surface area contributed by atoms with Gasteiger partial charge in [-0.3, -0.25) is 9.36 Å². The summed E-state index contributed by atoms with van der Waals surface area (Å²) in [6.45, 7) is 8.39. The van der Waals surface area contributed by atoms with Crippen molar-refractivity contribution in [1.29, 1.82) is 0 Å². The summed E-state index contributed by atoms with van der Waals surface area (Å²) in [5.41, 5.74) is 0.282. The predicted molar refractivity (Wildman–Crippen MR) is 177 cm³/mol. The Labute approximate surface area is 263 Å². The lowest BCUT2D eigenvalue weighted by molar-refractivity contribution is -0.114. The third-order valence-electron chi connectivity index (χ3n) is 7.84. The third kappa shape index (κ3) is 6.73. The van der Waals surface area contributed by atoms with Crippen molar-refractivity contribution in [1.82, 2.24) is 9.55 Å². The molecule has 1 saturated heterocycles. The topological polar surface area (TPSA) is 82.5 Å². The van der Waals surface area contributed by atoms with Gasteiger partial charge in [-0.15, -0.1) is 11.8 Å². The third-order valence-corrected chi connectivity index (χ3v) is 14.4. The summed E-state index contributed by atoms with van der Waals surface area (Å²) in [7, 11) is -2.90. The van der Waals surface area contributed by atoms with E-state index in [1.165, 1.54) is 35.5 Å².